The van der Waals surface area contributed by atoms with E-state index < -0.39 is 0 Å². The van der Waals surface area contributed by atoms with Crippen LogP contribution < -0.4 is 0 Å². The van der Waals surface area contributed by atoms with E-state index in [1.165, 1.54) is 22.3 Å². The summed E-state index contributed by atoms with van der Waals surface area (Å²) in [5, 5.41) is 0. The molecule has 0 N–H and O–H groups in total. The van der Waals surface area contributed by atoms with Gasteiger partial charge in [-0.1, -0.05) is 85.8 Å². The van der Waals surface area contributed by atoms with Gasteiger partial charge in [-0.2, -0.15) is 0 Å². The van der Waals surface area contributed by atoms with Crippen molar-refractivity contribution < 1.29 is 20.1 Å². The van der Waals surface area contributed by atoms with Crippen LogP contribution in [0.25, 0.3) is 33.6 Å². The first kappa shape index (κ1) is 27.9. The van der Waals surface area contributed by atoms with E-state index in [2.05, 4.69) is 77.6 Å². The quantitative estimate of drug-likeness (QED) is 0.170. The largest absolute Gasteiger partial charge is 0.305 e. The van der Waals surface area contributed by atoms with Gasteiger partial charge in [0.15, 0.2) is 0 Å². The Morgan fingerprint density at radius 3 is 1.97 bits per heavy atom. The second-order valence-corrected chi connectivity index (χ2v) is 8.92. The van der Waals surface area contributed by atoms with Crippen molar-refractivity contribution >= 4 is 0 Å². The molecule has 0 aliphatic rings. The van der Waals surface area contributed by atoms with Crippen LogP contribution in [-0.2, 0) is 20.1 Å². The third kappa shape index (κ3) is 7.23. The molecule has 0 aliphatic carbocycles. The predicted molar refractivity (Wildman–Crippen MR) is 156 cm³/mol. The van der Waals surface area contributed by atoms with Crippen LogP contribution in [-0.4, -0.2) is 9.97 Å². The summed E-state index contributed by atoms with van der Waals surface area (Å²) in [5.74, 6) is 0.325. The first-order valence-corrected chi connectivity index (χ1v) is 12.7. The van der Waals surface area contributed by atoms with Crippen molar-refractivity contribution in [3.8, 4) is 33.6 Å². The van der Waals surface area contributed by atoms with Crippen LogP contribution in [0, 0.1) is 12.1 Å². The number of benzene rings is 4. The molecule has 0 spiro atoms. The summed E-state index contributed by atoms with van der Waals surface area (Å²) >= 11 is 0. The van der Waals surface area contributed by atoms with E-state index in [9.17, 15) is 0 Å². The van der Waals surface area contributed by atoms with Crippen molar-refractivity contribution in [2.45, 2.75) is 12.8 Å². The smallest absolute Gasteiger partial charge is 0.0166 e. The summed E-state index contributed by atoms with van der Waals surface area (Å²) in [6.07, 6.45) is 3.67. The van der Waals surface area contributed by atoms with Crippen molar-refractivity contribution in [1.82, 2.24) is 9.97 Å². The van der Waals surface area contributed by atoms with E-state index >= 15 is 0 Å². The third-order valence-corrected chi connectivity index (χ3v) is 6.43. The van der Waals surface area contributed by atoms with Crippen molar-refractivity contribution in [3.63, 3.8) is 0 Å². The number of hydrogen-bond donors (Lipinski definition) is 0. The van der Waals surface area contributed by atoms with Crippen LogP contribution in [0.4, 0.5) is 0 Å². The standard InChI is InChI=1S/C19H16N.C17H12N.Ir/c1-15(16-9-3-2-4-10-16)17-11-5-6-12-18(17)19-13-7-8-14-20-19;1-3-7-14(8-4-1)16-11-12-18-17(13-16)15-9-5-2-6-10-15;/h2-11,13-15H,1H3;1-9,11-13H;/q2*-1;. The van der Waals surface area contributed by atoms with Crippen molar-refractivity contribution in [3.05, 3.63) is 169 Å². The number of hydrogen-bond acceptors (Lipinski definition) is 2. The Kier molecular flexibility index (Phi) is 10.1. The molecule has 6 rings (SSSR count). The second kappa shape index (κ2) is 14.1. The zero-order chi connectivity index (χ0) is 26.0. The van der Waals surface area contributed by atoms with Crippen LogP contribution in [0.2, 0.25) is 0 Å². The topological polar surface area (TPSA) is 25.8 Å². The van der Waals surface area contributed by atoms with Gasteiger partial charge in [0.1, 0.15) is 0 Å². The first-order chi connectivity index (χ1) is 18.8. The molecule has 193 valence electrons. The molecule has 0 saturated heterocycles. The van der Waals surface area contributed by atoms with Gasteiger partial charge in [-0.05, 0) is 46.1 Å². The Bertz CT molecular complexity index is 1500. The summed E-state index contributed by atoms with van der Waals surface area (Å²) in [6.45, 7) is 2.23. The fraction of sp³-hybridized carbons (Fsp3) is 0.0556. The van der Waals surface area contributed by atoms with Crippen LogP contribution in [0.1, 0.15) is 24.0 Å². The summed E-state index contributed by atoms with van der Waals surface area (Å²) < 4.78 is 0. The van der Waals surface area contributed by atoms with Gasteiger partial charge >= 0.3 is 0 Å². The maximum Gasteiger partial charge on any atom is 0.0166 e. The summed E-state index contributed by atoms with van der Waals surface area (Å²) in [7, 11) is 0. The molecule has 1 radical (unpaired) electrons. The molecule has 0 saturated carbocycles. The van der Waals surface area contributed by atoms with Crippen LogP contribution >= 0.6 is 0 Å². The summed E-state index contributed by atoms with van der Waals surface area (Å²) in [5.41, 5.74) is 9.00. The van der Waals surface area contributed by atoms with Crippen LogP contribution in [0.3, 0.4) is 0 Å². The van der Waals surface area contributed by atoms with Gasteiger partial charge in [-0.3, -0.25) is 0 Å². The molecule has 0 aliphatic heterocycles. The number of nitrogens with zero attached hydrogens (tertiary/aromatic N) is 2. The average molecular weight is 681 g/mol. The van der Waals surface area contributed by atoms with Gasteiger partial charge in [-0.15, -0.1) is 71.3 Å². The number of aromatic nitrogens is 2. The van der Waals surface area contributed by atoms with Gasteiger partial charge < -0.3 is 9.97 Å². The maximum absolute atomic E-state index is 4.45. The molecule has 39 heavy (non-hydrogen) atoms. The minimum absolute atomic E-state index is 0. The number of pyridine rings is 2. The molecule has 0 amide bonds. The van der Waals surface area contributed by atoms with E-state index in [0.29, 0.717) is 5.92 Å². The molecule has 2 aromatic heterocycles. The van der Waals surface area contributed by atoms with Gasteiger partial charge in [0.2, 0.25) is 0 Å². The van der Waals surface area contributed by atoms with Crippen LogP contribution in [0.15, 0.2) is 146 Å². The molecule has 0 bridgehead atoms. The Labute approximate surface area is 244 Å². The Hall–Kier alpha value is -4.17. The Morgan fingerprint density at radius 1 is 0.564 bits per heavy atom. The predicted octanol–water partition coefficient (Wildman–Crippen LogP) is 8.91. The molecule has 1 atom stereocenters. The molecular formula is C36H28IrN2-2. The van der Waals surface area contributed by atoms with E-state index in [0.717, 1.165) is 22.5 Å². The minimum atomic E-state index is 0. The molecule has 3 heteroatoms. The molecule has 4 aromatic carbocycles. The zero-order valence-corrected chi connectivity index (χ0v) is 24.1. The third-order valence-electron chi connectivity index (χ3n) is 6.43. The Balaban J connectivity index is 0.000000177. The molecule has 1 unspecified atom stereocenters. The molecule has 2 heterocycles. The van der Waals surface area contributed by atoms with Gasteiger partial charge in [-0.25, -0.2) is 0 Å². The van der Waals surface area contributed by atoms with Gasteiger partial charge in [0.25, 0.3) is 0 Å². The van der Waals surface area contributed by atoms with E-state index in [-0.39, 0.29) is 20.1 Å². The van der Waals surface area contributed by atoms with Gasteiger partial charge in [0, 0.05) is 32.5 Å². The first-order valence-electron chi connectivity index (χ1n) is 12.7. The van der Waals surface area contributed by atoms with E-state index in [4.69, 9.17) is 0 Å². The van der Waals surface area contributed by atoms with Crippen molar-refractivity contribution in [1.29, 1.82) is 0 Å². The number of rotatable bonds is 5. The van der Waals surface area contributed by atoms with Crippen LogP contribution in [0.5, 0.6) is 0 Å². The molecular weight excluding hydrogens is 653 g/mol. The molecule has 2 nitrogen and oxygen atoms in total. The maximum atomic E-state index is 4.45. The van der Waals surface area contributed by atoms with Crippen molar-refractivity contribution in [2.24, 2.45) is 0 Å². The SMILES string of the molecule is CC(c1ccccc1)c1ccc[c-]c1-c1ccccn1.[Ir].[c-]1ccccc1-c1cc(-c2ccccc2)ccn1. The monoisotopic (exact) mass is 681 g/mol. The average Bonchev–Trinajstić information content (AvgIpc) is 3.03. The fourth-order valence-electron chi connectivity index (χ4n) is 4.41. The Morgan fingerprint density at radius 2 is 1.26 bits per heavy atom. The molecule has 6 aromatic rings. The summed E-state index contributed by atoms with van der Waals surface area (Å²) in [4.78, 5) is 8.86. The van der Waals surface area contributed by atoms with Gasteiger partial charge in [0.05, 0.1) is 0 Å². The molecule has 0 fully saturated rings. The fourth-order valence-corrected chi connectivity index (χ4v) is 4.41. The van der Waals surface area contributed by atoms with E-state index in [1.54, 1.807) is 0 Å². The minimum Gasteiger partial charge on any atom is -0.305 e. The second-order valence-electron chi connectivity index (χ2n) is 8.92. The zero-order valence-electron chi connectivity index (χ0n) is 21.7. The van der Waals surface area contributed by atoms with Crippen molar-refractivity contribution in [2.75, 3.05) is 0 Å². The van der Waals surface area contributed by atoms with E-state index in [1.807, 2.05) is 97.3 Å². The summed E-state index contributed by atoms with van der Waals surface area (Å²) in [6, 6.07) is 51.6. The normalized spacial score (nSPS) is 10.9.